The van der Waals surface area contributed by atoms with Crippen LogP contribution in [-0.4, -0.2) is 0 Å². The zero-order valence-corrected chi connectivity index (χ0v) is 13.1. The minimum absolute atomic E-state index is 0.00385. The molecule has 0 amide bonds. The Hall–Kier alpha value is -2.36. The molecule has 0 heterocycles. The smallest absolute Gasteiger partial charge is 0.194 e. The van der Waals surface area contributed by atoms with E-state index in [9.17, 15) is 13.2 Å². The largest absolute Gasteiger partial charge is 0.233 e. The first-order valence-electron chi connectivity index (χ1n) is 7.75. The van der Waals surface area contributed by atoms with Crippen LogP contribution in [0.3, 0.4) is 0 Å². The predicted molar refractivity (Wildman–Crippen MR) is 86.5 cm³/mol. The fraction of sp³-hybridized carbons (Fsp3) is 0.200. The molecule has 1 atom stereocenters. The van der Waals surface area contributed by atoms with Gasteiger partial charge in [0.05, 0.1) is 0 Å². The quantitative estimate of drug-likeness (QED) is 0.471. The summed E-state index contributed by atoms with van der Waals surface area (Å²) in [5.74, 6) is -4.21. The number of rotatable bonds is 3. The lowest BCUT2D eigenvalue weighted by atomic mass is 9.76. The predicted octanol–water partition coefficient (Wildman–Crippen LogP) is 6.09. The van der Waals surface area contributed by atoms with Crippen molar-refractivity contribution in [1.82, 2.24) is 0 Å². The van der Waals surface area contributed by atoms with Crippen molar-refractivity contribution in [1.29, 1.82) is 0 Å². The SMILES string of the molecule is CCC1=CC=C(c2cc(F)c(F)c(F)c2)C(F)(c2ccccc2)C1. The second-order valence-electron chi connectivity index (χ2n) is 5.86. The minimum Gasteiger partial charge on any atom is -0.233 e. The molecule has 1 aliphatic carbocycles. The van der Waals surface area contributed by atoms with Gasteiger partial charge in [-0.3, -0.25) is 0 Å². The molecule has 0 aliphatic heterocycles. The average Bonchev–Trinajstić information content (AvgIpc) is 2.60. The van der Waals surface area contributed by atoms with Crippen LogP contribution >= 0.6 is 0 Å². The highest BCUT2D eigenvalue weighted by atomic mass is 19.2. The molecule has 0 aromatic heterocycles. The number of benzene rings is 2. The van der Waals surface area contributed by atoms with E-state index in [0.29, 0.717) is 12.0 Å². The van der Waals surface area contributed by atoms with Crippen molar-refractivity contribution in [3.8, 4) is 0 Å². The van der Waals surface area contributed by atoms with Crippen LogP contribution in [-0.2, 0) is 5.67 Å². The molecule has 1 unspecified atom stereocenters. The molecule has 0 saturated heterocycles. The van der Waals surface area contributed by atoms with E-state index in [4.69, 9.17) is 0 Å². The van der Waals surface area contributed by atoms with Gasteiger partial charge in [-0.15, -0.1) is 0 Å². The first-order chi connectivity index (χ1) is 11.5. The van der Waals surface area contributed by atoms with Crippen molar-refractivity contribution < 1.29 is 17.6 Å². The Bertz CT molecular complexity index is 798. The lowest BCUT2D eigenvalue weighted by Crippen LogP contribution is -2.25. The summed E-state index contributed by atoms with van der Waals surface area (Å²) in [5, 5.41) is 0. The van der Waals surface area contributed by atoms with E-state index in [1.807, 2.05) is 6.92 Å². The van der Waals surface area contributed by atoms with Crippen molar-refractivity contribution >= 4 is 5.57 Å². The zero-order valence-electron chi connectivity index (χ0n) is 13.1. The van der Waals surface area contributed by atoms with Crippen molar-refractivity contribution in [3.05, 3.63) is 88.8 Å². The summed E-state index contributed by atoms with van der Waals surface area (Å²) in [6.45, 7) is 1.92. The summed E-state index contributed by atoms with van der Waals surface area (Å²) >= 11 is 0. The van der Waals surface area contributed by atoms with Crippen molar-refractivity contribution in [2.45, 2.75) is 25.4 Å². The van der Waals surface area contributed by atoms with Gasteiger partial charge in [0.15, 0.2) is 23.1 Å². The van der Waals surface area contributed by atoms with Gasteiger partial charge in [0.25, 0.3) is 0 Å². The highest BCUT2D eigenvalue weighted by Crippen LogP contribution is 2.47. The molecule has 0 N–H and O–H groups in total. The highest BCUT2D eigenvalue weighted by molar-refractivity contribution is 5.77. The van der Waals surface area contributed by atoms with Gasteiger partial charge in [0.2, 0.25) is 0 Å². The second kappa shape index (κ2) is 6.27. The molecule has 0 nitrogen and oxygen atoms in total. The van der Waals surface area contributed by atoms with Crippen LogP contribution < -0.4 is 0 Å². The fourth-order valence-corrected chi connectivity index (χ4v) is 3.04. The molecule has 3 rings (SSSR count). The minimum atomic E-state index is -1.92. The molecule has 0 radical (unpaired) electrons. The monoisotopic (exact) mass is 332 g/mol. The molecule has 0 fully saturated rings. The molecule has 4 heteroatoms. The molecule has 2 aromatic rings. The van der Waals surface area contributed by atoms with Crippen LogP contribution in [0.1, 0.15) is 30.9 Å². The Kier molecular flexibility index (Phi) is 4.31. The normalized spacial score (nSPS) is 20.5. The van der Waals surface area contributed by atoms with Gasteiger partial charge in [0, 0.05) is 12.0 Å². The van der Waals surface area contributed by atoms with E-state index in [-0.39, 0.29) is 17.6 Å². The van der Waals surface area contributed by atoms with Crippen LogP contribution in [0.4, 0.5) is 17.6 Å². The van der Waals surface area contributed by atoms with Crippen LogP contribution in [0.5, 0.6) is 0 Å². The number of alkyl halides is 1. The van der Waals surface area contributed by atoms with E-state index >= 15 is 4.39 Å². The summed E-state index contributed by atoms with van der Waals surface area (Å²) in [5.41, 5.74) is -0.487. The molecule has 124 valence electrons. The lowest BCUT2D eigenvalue weighted by Gasteiger charge is -2.32. The summed E-state index contributed by atoms with van der Waals surface area (Å²) in [4.78, 5) is 0. The van der Waals surface area contributed by atoms with Gasteiger partial charge in [-0.05, 0) is 29.7 Å². The van der Waals surface area contributed by atoms with Crippen LogP contribution in [0.25, 0.3) is 5.57 Å². The van der Waals surface area contributed by atoms with Gasteiger partial charge >= 0.3 is 0 Å². The van der Waals surface area contributed by atoms with Crippen molar-refractivity contribution in [2.75, 3.05) is 0 Å². The Balaban J connectivity index is 2.19. The highest BCUT2D eigenvalue weighted by Gasteiger charge is 2.39. The van der Waals surface area contributed by atoms with E-state index in [2.05, 4.69) is 0 Å². The molecule has 0 spiro atoms. The third kappa shape index (κ3) is 2.77. The standard InChI is InChI=1S/C20H16F4/c1-2-13-8-9-16(14-10-17(21)19(23)18(22)11-14)20(24,12-13)15-6-4-3-5-7-15/h3-11H,2,12H2,1H3. The fourth-order valence-electron chi connectivity index (χ4n) is 3.04. The molecule has 0 saturated carbocycles. The summed E-state index contributed by atoms with van der Waals surface area (Å²) in [7, 11) is 0. The van der Waals surface area contributed by atoms with Crippen LogP contribution in [0.2, 0.25) is 0 Å². The average molecular weight is 332 g/mol. The zero-order chi connectivity index (χ0) is 17.3. The molecular weight excluding hydrogens is 316 g/mol. The van der Waals surface area contributed by atoms with Crippen LogP contribution in [0, 0.1) is 17.5 Å². The first-order valence-corrected chi connectivity index (χ1v) is 7.75. The number of hydrogen-bond acceptors (Lipinski definition) is 0. The van der Waals surface area contributed by atoms with E-state index in [0.717, 1.165) is 17.7 Å². The Morgan fingerprint density at radius 2 is 1.58 bits per heavy atom. The summed E-state index contributed by atoms with van der Waals surface area (Å²) in [6.07, 6.45) is 4.06. The third-order valence-corrected chi connectivity index (χ3v) is 4.36. The Morgan fingerprint density at radius 3 is 2.17 bits per heavy atom. The Morgan fingerprint density at radius 1 is 0.958 bits per heavy atom. The topological polar surface area (TPSA) is 0 Å². The maximum absolute atomic E-state index is 16.0. The second-order valence-corrected chi connectivity index (χ2v) is 5.86. The maximum Gasteiger partial charge on any atom is 0.194 e. The molecular formula is C20H16F4. The van der Waals surface area contributed by atoms with Crippen LogP contribution in [0.15, 0.2) is 60.2 Å². The summed E-state index contributed by atoms with van der Waals surface area (Å²) < 4.78 is 56.5. The number of allylic oxidation sites excluding steroid dienone is 4. The molecule has 24 heavy (non-hydrogen) atoms. The lowest BCUT2D eigenvalue weighted by molar-refractivity contribution is 0.242. The van der Waals surface area contributed by atoms with E-state index in [1.54, 1.807) is 36.4 Å². The first kappa shape index (κ1) is 16.5. The summed E-state index contributed by atoms with van der Waals surface area (Å²) in [6, 6.07) is 10.2. The van der Waals surface area contributed by atoms with Crippen molar-refractivity contribution in [3.63, 3.8) is 0 Å². The number of hydrogen-bond donors (Lipinski definition) is 0. The van der Waals surface area contributed by atoms with Gasteiger partial charge in [-0.25, -0.2) is 17.6 Å². The molecule has 1 aliphatic rings. The third-order valence-electron chi connectivity index (χ3n) is 4.36. The van der Waals surface area contributed by atoms with Gasteiger partial charge in [-0.2, -0.15) is 0 Å². The van der Waals surface area contributed by atoms with E-state index in [1.165, 1.54) is 6.08 Å². The molecule has 0 bridgehead atoms. The Labute approximate surface area is 138 Å². The molecule has 2 aromatic carbocycles. The van der Waals surface area contributed by atoms with Gasteiger partial charge < -0.3 is 0 Å². The van der Waals surface area contributed by atoms with E-state index < -0.39 is 23.1 Å². The van der Waals surface area contributed by atoms with Gasteiger partial charge in [0.1, 0.15) is 0 Å². The van der Waals surface area contributed by atoms with Crippen molar-refractivity contribution in [2.24, 2.45) is 0 Å². The van der Waals surface area contributed by atoms with Gasteiger partial charge in [-0.1, -0.05) is 55.0 Å². The maximum atomic E-state index is 16.0. The number of halogens is 4.